The molecule has 1 atom stereocenters. The Bertz CT molecular complexity index is 179. The van der Waals surface area contributed by atoms with Crippen LogP contribution in [0.5, 0.6) is 0 Å². The van der Waals surface area contributed by atoms with Crippen LogP contribution in [0.1, 0.15) is 39.0 Å². The third-order valence-corrected chi connectivity index (χ3v) is 4.81. The van der Waals surface area contributed by atoms with Crippen LogP contribution in [0.15, 0.2) is 0 Å². The molecule has 1 aliphatic rings. The van der Waals surface area contributed by atoms with Crippen molar-refractivity contribution in [3.63, 3.8) is 0 Å². The molecule has 0 radical (unpaired) electrons. The molecule has 0 aromatic heterocycles. The summed E-state index contributed by atoms with van der Waals surface area (Å²) in [5, 5.41) is 3.41. The van der Waals surface area contributed by atoms with E-state index in [-0.39, 0.29) is 0 Å². The van der Waals surface area contributed by atoms with Crippen LogP contribution in [0, 0.1) is 0 Å². The van der Waals surface area contributed by atoms with Crippen molar-refractivity contribution in [1.82, 2.24) is 10.2 Å². The zero-order chi connectivity index (χ0) is 12.0. The maximum absolute atomic E-state index is 3.41. The summed E-state index contributed by atoms with van der Waals surface area (Å²) in [6.07, 6.45) is 8.93. The number of hydrogen-bond acceptors (Lipinski definition) is 3. The fourth-order valence-electron chi connectivity index (χ4n) is 2.79. The maximum Gasteiger partial charge on any atom is 0.0183 e. The first-order valence-electron chi connectivity index (χ1n) is 6.61. The molecule has 0 aromatic rings. The van der Waals surface area contributed by atoms with Gasteiger partial charge in [-0.15, -0.1) is 0 Å². The van der Waals surface area contributed by atoms with Crippen LogP contribution in [0.3, 0.4) is 0 Å². The summed E-state index contributed by atoms with van der Waals surface area (Å²) in [6, 6.07) is 2.36. The molecule has 1 fully saturated rings. The van der Waals surface area contributed by atoms with Gasteiger partial charge in [-0.3, -0.25) is 4.90 Å². The van der Waals surface area contributed by atoms with E-state index in [0.717, 1.165) is 18.1 Å². The number of nitrogens with zero attached hydrogens (tertiary/aromatic N) is 1. The van der Waals surface area contributed by atoms with Crippen molar-refractivity contribution < 1.29 is 0 Å². The van der Waals surface area contributed by atoms with Gasteiger partial charge in [0, 0.05) is 23.9 Å². The largest absolute Gasteiger partial charge is 0.317 e. The Morgan fingerprint density at radius 1 is 1.31 bits per heavy atom. The van der Waals surface area contributed by atoms with E-state index >= 15 is 0 Å². The molecule has 0 aliphatic heterocycles. The zero-order valence-electron chi connectivity index (χ0n) is 11.3. The van der Waals surface area contributed by atoms with Gasteiger partial charge in [0.05, 0.1) is 0 Å². The molecular formula is C13H28N2S. The molecule has 96 valence electrons. The summed E-state index contributed by atoms with van der Waals surface area (Å²) in [5.41, 5.74) is 0. The molecule has 0 aromatic carbocycles. The highest BCUT2D eigenvalue weighted by Crippen LogP contribution is 2.25. The Hall–Kier alpha value is 0.270. The normalized spacial score (nSPS) is 28.3. The second kappa shape index (κ2) is 7.57. The van der Waals surface area contributed by atoms with Crippen LogP contribution < -0.4 is 5.32 Å². The third kappa shape index (κ3) is 3.94. The Balaban J connectivity index is 2.39. The Morgan fingerprint density at radius 2 is 1.94 bits per heavy atom. The maximum atomic E-state index is 3.41. The van der Waals surface area contributed by atoms with Gasteiger partial charge in [-0.25, -0.2) is 0 Å². The quantitative estimate of drug-likeness (QED) is 0.773. The SMILES string of the molecule is CCC(CSC)N(C)C1CCC(NC)CC1. The molecule has 1 saturated carbocycles. The molecule has 0 bridgehead atoms. The van der Waals surface area contributed by atoms with Gasteiger partial charge in [0.1, 0.15) is 0 Å². The number of rotatable bonds is 6. The van der Waals surface area contributed by atoms with E-state index in [1.807, 2.05) is 11.8 Å². The Labute approximate surface area is 106 Å². The van der Waals surface area contributed by atoms with Crippen LogP contribution in [-0.2, 0) is 0 Å². The summed E-state index contributed by atoms with van der Waals surface area (Å²) in [6.45, 7) is 2.32. The average Bonchev–Trinajstić information content (AvgIpc) is 2.35. The van der Waals surface area contributed by atoms with Gasteiger partial charge < -0.3 is 5.32 Å². The Kier molecular flexibility index (Phi) is 6.78. The van der Waals surface area contributed by atoms with E-state index in [4.69, 9.17) is 0 Å². The van der Waals surface area contributed by atoms with Gasteiger partial charge in [-0.2, -0.15) is 11.8 Å². The van der Waals surface area contributed by atoms with Crippen LogP contribution >= 0.6 is 11.8 Å². The second-order valence-electron chi connectivity index (χ2n) is 4.98. The molecule has 3 heteroatoms. The van der Waals surface area contributed by atoms with Crippen molar-refractivity contribution in [3.05, 3.63) is 0 Å². The topological polar surface area (TPSA) is 15.3 Å². The first-order chi connectivity index (χ1) is 7.72. The van der Waals surface area contributed by atoms with Crippen molar-refractivity contribution in [2.24, 2.45) is 0 Å². The fraction of sp³-hybridized carbons (Fsp3) is 1.00. The zero-order valence-corrected chi connectivity index (χ0v) is 12.1. The summed E-state index contributed by atoms with van der Waals surface area (Å²) in [5.74, 6) is 1.28. The lowest BCUT2D eigenvalue weighted by molar-refractivity contribution is 0.135. The molecule has 2 nitrogen and oxygen atoms in total. The molecule has 0 spiro atoms. The minimum absolute atomic E-state index is 0.769. The highest BCUT2D eigenvalue weighted by molar-refractivity contribution is 7.98. The lowest BCUT2D eigenvalue weighted by atomic mass is 9.89. The van der Waals surface area contributed by atoms with E-state index in [0.29, 0.717) is 0 Å². The monoisotopic (exact) mass is 244 g/mol. The van der Waals surface area contributed by atoms with Gasteiger partial charge in [0.25, 0.3) is 0 Å². The van der Waals surface area contributed by atoms with E-state index in [2.05, 4.69) is 37.5 Å². The van der Waals surface area contributed by atoms with Crippen molar-refractivity contribution in [2.45, 2.75) is 57.2 Å². The predicted molar refractivity (Wildman–Crippen MR) is 75.3 cm³/mol. The summed E-state index contributed by atoms with van der Waals surface area (Å²) >= 11 is 1.98. The fourth-order valence-corrected chi connectivity index (χ4v) is 3.64. The number of hydrogen-bond donors (Lipinski definition) is 1. The lowest BCUT2D eigenvalue weighted by Crippen LogP contribution is -2.45. The molecule has 1 rings (SSSR count). The van der Waals surface area contributed by atoms with E-state index in [1.54, 1.807) is 0 Å². The van der Waals surface area contributed by atoms with Crippen LogP contribution in [0.4, 0.5) is 0 Å². The average molecular weight is 244 g/mol. The Morgan fingerprint density at radius 3 is 2.38 bits per heavy atom. The summed E-state index contributed by atoms with van der Waals surface area (Å²) in [7, 11) is 4.42. The van der Waals surface area contributed by atoms with Gasteiger partial charge in [0.2, 0.25) is 0 Å². The number of thioether (sulfide) groups is 1. The lowest BCUT2D eigenvalue weighted by Gasteiger charge is -2.38. The van der Waals surface area contributed by atoms with Crippen molar-refractivity contribution in [1.29, 1.82) is 0 Å². The van der Waals surface area contributed by atoms with Crippen molar-refractivity contribution >= 4 is 11.8 Å². The predicted octanol–water partition coefficient (Wildman–Crippen LogP) is 2.59. The number of nitrogens with one attached hydrogen (secondary N) is 1. The molecule has 1 unspecified atom stereocenters. The third-order valence-electron chi connectivity index (χ3n) is 4.09. The first kappa shape index (κ1) is 14.3. The van der Waals surface area contributed by atoms with E-state index in [1.165, 1.54) is 37.9 Å². The summed E-state index contributed by atoms with van der Waals surface area (Å²) < 4.78 is 0. The highest BCUT2D eigenvalue weighted by atomic mass is 32.2. The van der Waals surface area contributed by atoms with Crippen LogP contribution in [-0.4, -0.2) is 49.1 Å². The van der Waals surface area contributed by atoms with Crippen molar-refractivity contribution in [3.8, 4) is 0 Å². The molecule has 1 N–H and O–H groups in total. The first-order valence-corrected chi connectivity index (χ1v) is 8.00. The van der Waals surface area contributed by atoms with E-state index in [9.17, 15) is 0 Å². The molecule has 1 aliphatic carbocycles. The molecule has 0 saturated heterocycles. The van der Waals surface area contributed by atoms with Gasteiger partial charge in [0.15, 0.2) is 0 Å². The second-order valence-corrected chi connectivity index (χ2v) is 5.89. The van der Waals surface area contributed by atoms with E-state index < -0.39 is 0 Å². The van der Waals surface area contributed by atoms with Crippen molar-refractivity contribution in [2.75, 3.05) is 26.1 Å². The molecule has 0 amide bonds. The van der Waals surface area contributed by atoms with Gasteiger partial charge in [-0.1, -0.05) is 6.92 Å². The van der Waals surface area contributed by atoms with Crippen LogP contribution in [0.25, 0.3) is 0 Å². The van der Waals surface area contributed by atoms with Gasteiger partial charge >= 0.3 is 0 Å². The summed E-state index contributed by atoms with van der Waals surface area (Å²) in [4.78, 5) is 2.64. The minimum Gasteiger partial charge on any atom is -0.317 e. The minimum atomic E-state index is 0.769. The molecule has 16 heavy (non-hydrogen) atoms. The molecule has 0 heterocycles. The smallest absolute Gasteiger partial charge is 0.0183 e. The molecular weight excluding hydrogens is 216 g/mol. The standard InChI is InChI=1S/C13H28N2S/c1-5-12(10-16-4)15(3)13-8-6-11(14-2)7-9-13/h11-14H,5-10H2,1-4H3. The van der Waals surface area contributed by atoms with Crippen LogP contribution in [0.2, 0.25) is 0 Å². The highest BCUT2D eigenvalue weighted by Gasteiger charge is 2.26. The van der Waals surface area contributed by atoms with Gasteiger partial charge in [-0.05, 0) is 52.5 Å².